The number of halogens is 1. The van der Waals surface area contributed by atoms with Gasteiger partial charge in [-0.25, -0.2) is 0 Å². The second kappa shape index (κ2) is 7.21. The SMILES string of the molecule is C=C(C)C[C@@H](c1cc(Br)cc([N+](=O)[O-])c1O)N1CCNCC1. The summed E-state index contributed by atoms with van der Waals surface area (Å²) in [5.41, 5.74) is 1.28. The Balaban J connectivity index is 2.46. The molecule has 0 unspecified atom stereocenters. The minimum absolute atomic E-state index is 0.115. The van der Waals surface area contributed by atoms with Crippen LogP contribution < -0.4 is 5.32 Å². The molecule has 1 heterocycles. The van der Waals surface area contributed by atoms with Crippen LogP contribution in [0.15, 0.2) is 28.8 Å². The predicted molar refractivity (Wildman–Crippen MR) is 89.1 cm³/mol. The van der Waals surface area contributed by atoms with Crippen LogP contribution >= 0.6 is 15.9 Å². The molecule has 2 rings (SSSR count). The van der Waals surface area contributed by atoms with Crippen LogP contribution in [0.4, 0.5) is 5.69 Å². The maximum Gasteiger partial charge on any atom is 0.312 e. The molecule has 0 radical (unpaired) electrons. The highest BCUT2D eigenvalue weighted by molar-refractivity contribution is 9.10. The van der Waals surface area contributed by atoms with Gasteiger partial charge in [-0.15, -0.1) is 6.58 Å². The summed E-state index contributed by atoms with van der Waals surface area (Å²) in [6.45, 7) is 9.28. The van der Waals surface area contributed by atoms with Crippen LogP contribution in [0, 0.1) is 10.1 Å². The Morgan fingerprint density at radius 2 is 2.18 bits per heavy atom. The summed E-state index contributed by atoms with van der Waals surface area (Å²) in [6.07, 6.45) is 0.654. The fourth-order valence-electron chi connectivity index (χ4n) is 2.76. The number of nitrogens with one attached hydrogen (secondary N) is 1. The van der Waals surface area contributed by atoms with Crippen LogP contribution in [0.25, 0.3) is 0 Å². The van der Waals surface area contributed by atoms with Crippen molar-refractivity contribution in [2.24, 2.45) is 0 Å². The van der Waals surface area contributed by atoms with E-state index in [1.54, 1.807) is 6.07 Å². The number of phenolic OH excluding ortho intramolecular Hbond substituents is 1. The molecule has 0 bridgehead atoms. The van der Waals surface area contributed by atoms with Crippen molar-refractivity contribution in [3.8, 4) is 5.75 Å². The fourth-order valence-corrected chi connectivity index (χ4v) is 3.22. The summed E-state index contributed by atoms with van der Waals surface area (Å²) in [4.78, 5) is 12.8. The van der Waals surface area contributed by atoms with Gasteiger partial charge in [-0.2, -0.15) is 0 Å². The third kappa shape index (κ3) is 3.85. The summed E-state index contributed by atoms with van der Waals surface area (Å²) >= 11 is 3.31. The molecule has 1 fully saturated rings. The Hall–Kier alpha value is -1.44. The van der Waals surface area contributed by atoms with Gasteiger partial charge in [0, 0.05) is 48.3 Å². The van der Waals surface area contributed by atoms with E-state index in [2.05, 4.69) is 32.7 Å². The molecule has 1 saturated heterocycles. The molecule has 120 valence electrons. The number of nitrogens with zero attached hydrogens (tertiary/aromatic N) is 2. The van der Waals surface area contributed by atoms with E-state index in [4.69, 9.17) is 0 Å². The average Bonchev–Trinajstić information content (AvgIpc) is 2.47. The summed E-state index contributed by atoms with van der Waals surface area (Å²) in [5, 5.41) is 24.8. The Morgan fingerprint density at radius 3 is 2.73 bits per heavy atom. The number of nitro benzene ring substituents is 1. The van der Waals surface area contributed by atoms with E-state index in [-0.39, 0.29) is 17.5 Å². The summed E-state index contributed by atoms with van der Waals surface area (Å²) in [5.74, 6) is -0.252. The minimum Gasteiger partial charge on any atom is -0.502 e. The molecule has 6 nitrogen and oxygen atoms in total. The highest BCUT2D eigenvalue weighted by Crippen LogP contribution is 2.40. The van der Waals surface area contributed by atoms with Gasteiger partial charge < -0.3 is 10.4 Å². The molecule has 0 amide bonds. The Labute approximate surface area is 138 Å². The topological polar surface area (TPSA) is 78.6 Å². The van der Waals surface area contributed by atoms with E-state index < -0.39 is 4.92 Å². The number of aromatic hydroxyl groups is 1. The smallest absolute Gasteiger partial charge is 0.312 e. The number of rotatable bonds is 5. The number of hydrogen-bond acceptors (Lipinski definition) is 5. The third-order valence-corrected chi connectivity index (χ3v) is 4.23. The van der Waals surface area contributed by atoms with Crippen molar-refractivity contribution >= 4 is 21.6 Å². The molecule has 0 spiro atoms. The van der Waals surface area contributed by atoms with E-state index in [0.29, 0.717) is 16.5 Å². The van der Waals surface area contributed by atoms with Crippen molar-refractivity contribution in [3.63, 3.8) is 0 Å². The zero-order valence-electron chi connectivity index (χ0n) is 12.5. The predicted octanol–water partition coefficient (Wildman–Crippen LogP) is 2.98. The number of nitro groups is 1. The number of piperazine rings is 1. The zero-order chi connectivity index (χ0) is 16.3. The first-order valence-corrected chi connectivity index (χ1v) is 7.95. The lowest BCUT2D eigenvalue weighted by Gasteiger charge is -2.35. The Bertz CT molecular complexity index is 586. The summed E-state index contributed by atoms with van der Waals surface area (Å²) in [6, 6.07) is 2.97. The van der Waals surface area contributed by atoms with Crippen molar-refractivity contribution in [2.45, 2.75) is 19.4 Å². The van der Waals surface area contributed by atoms with E-state index >= 15 is 0 Å². The second-order valence-electron chi connectivity index (χ2n) is 5.58. The van der Waals surface area contributed by atoms with Gasteiger partial charge >= 0.3 is 5.69 Å². The normalized spacial score (nSPS) is 17.2. The van der Waals surface area contributed by atoms with Gasteiger partial charge in [0.2, 0.25) is 0 Å². The van der Waals surface area contributed by atoms with Crippen molar-refractivity contribution < 1.29 is 10.0 Å². The van der Waals surface area contributed by atoms with Crippen LogP contribution in [0.1, 0.15) is 24.9 Å². The van der Waals surface area contributed by atoms with Crippen molar-refractivity contribution in [3.05, 3.63) is 44.4 Å². The van der Waals surface area contributed by atoms with Gasteiger partial charge in [-0.3, -0.25) is 15.0 Å². The zero-order valence-corrected chi connectivity index (χ0v) is 14.1. The van der Waals surface area contributed by atoms with Gasteiger partial charge in [-0.05, 0) is 19.4 Å². The van der Waals surface area contributed by atoms with Crippen LogP contribution in [0.5, 0.6) is 5.75 Å². The molecule has 0 aliphatic carbocycles. The molecular weight excluding hydrogens is 350 g/mol. The summed E-state index contributed by atoms with van der Waals surface area (Å²) < 4.78 is 0.592. The molecule has 1 aromatic carbocycles. The summed E-state index contributed by atoms with van der Waals surface area (Å²) in [7, 11) is 0. The van der Waals surface area contributed by atoms with E-state index in [1.807, 2.05) is 6.92 Å². The Morgan fingerprint density at radius 1 is 1.55 bits per heavy atom. The molecule has 22 heavy (non-hydrogen) atoms. The number of phenols is 1. The maximum atomic E-state index is 11.1. The quantitative estimate of drug-likeness (QED) is 0.473. The molecule has 0 saturated carbocycles. The standard InChI is InChI=1S/C15H20BrN3O3/c1-10(2)7-13(18-5-3-17-4-6-18)12-8-11(16)9-14(15(12)20)19(21)22/h8-9,13,17,20H,1,3-7H2,2H3/t13-/m0/s1. The van der Waals surface area contributed by atoms with Gasteiger partial charge in [0.05, 0.1) is 4.92 Å². The highest BCUT2D eigenvalue weighted by atomic mass is 79.9. The third-order valence-electron chi connectivity index (χ3n) is 3.77. The molecule has 1 aliphatic rings. The van der Waals surface area contributed by atoms with Crippen molar-refractivity contribution in [1.82, 2.24) is 10.2 Å². The molecule has 7 heteroatoms. The molecule has 1 atom stereocenters. The van der Waals surface area contributed by atoms with Crippen LogP contribution in [0.2, 0.25) is 0 Å². The molecule has 1 aromatic rings. The fraction of sp³-hybridized carbons (Fsp3) is 0.467. The van der Waals surface area contributed by atoms with Crippen LogP contribution in [-0.2, 0) is 0 Å². The first-order chi connectivity index (χ1) is 10.4. The minimum atomic E-state index is -0.556. The van der Waals surface area contributed by atoms with Gasteiger partial charge in [0.15, 0.2) is 5.75 Å². The van der Waals surface area contributed by atoms with Gasteiger partial charge in [0.1, 0.15) is 0 Å². The molecular formula is C15H20BrN3O3. The maximum absolute atomic E-state index is 11.1. The van der Waals surface area contributed by atoms with Crippen LogP contribution in [-0.4, -0.2) is 41.1 Å². The number of hydrogen-bond donors (Lipinski definition) is 2. The van der Waals surface area contributed by atoms with E-state index in [1.165, 1.54) is 6.07 Å². The van der Waals surface area contributed by atoms with E-state index in [0.717, 1.165) is 31.8 Å². The lowest BCUT2D eigenvalue weighted by atomic mass is 9.96. The first kappa shape index (κ1) is 16.9. The first-order valence-electron chi connectivity index (χ1n) is 7.16. The lowest BCUT2D eigenvalue weighted by Crippen LogP contribution is -2.45. The van der Waals surface area contributed by atoms with Crippen molar-refractivity contribution in [1.29, 1.82) is 0 Å². The Kier molecular flexibility index (Phi) is 5.55. The second-order valence-corrected chi connectivity index (χ2v) is 6.50. The van der Waals surface area contributed by atoms with E-state index in [9.17, 15) is 15.2 Å². The lowest BCUT2D eigenvalue weighted by molar-refractivity contribution is -0.386. The molecule has 2 N–H and O–H groups in total. The molecule has 1 aliphatic heterocycles. The number of benzene rings is 1. The van der Waals surface area contributed by atoms with Gasteiger partial charge in [0.25, 0.3) is 0 Å². The average molecular weight is 370 g/mol. The largest absolute Gasteiger partial charge is 0.502 e. The highest BCUT2D eigenvalue weighted by Gasteiger charge is 2.28. The monoisotopic (exact) mass is 369 g/mol. The van der Waals surface area contributed by atoms with Crippen LogP contribution in [0.3, 0.4) is 0 Å². The van der Waals surface area contributed by atoms with Gasteiger partial charge in [-0.1, -0.05) is 21.5 Å². The van der Waals surface area contributed by atoms with Crippen molar-refractivity contribution in [2.75, 3.05) is 26.2 Å². The molecule has 0 aromatic heterocycles.